The second-order valence-corrected chi connectivity index (χ2v) is 7.85. The lowest BCUT2D eigenvalue weighted by molar-refractivity contribution is -0.285. The molecule has 2 fully saturated rings. The average molecular weight is 374 g/mol. The Balaban J connectivity index is 1.81. The standard InChI is InChI=1S/C20H26N2O5/c1-12-8-13(2)16(14(3)9-12)17-18(23)20(4-6-21(25)7-5-20)22(19(17)24)27-15-10-26-11-15/h8-9,15,23,25H,4-7,10-11H2,1-3H3. The largest absolute Gasteiger partial charge is 0.509 e. The molecule has 2 saturated heterocycles. The highest BCUT2D eigenvalue weighted by Gasteiger charge is 2.56. The second-order valence-electron chi connectivity index (χ2n) is 7.85. The summed E-state index contributed by atoms with van der Waals surface area (Å²) in [6.07, 6.45) is 0.620. The van der Waals surface area contributed by atoms with Gasteiger partial charge in [0.25, 0.3) is 5.91 Å². The number of aliphatic hydroxyl groups is 1. The van der Waals surface area contributed by atoms with Gasteiger partial charge in [-0.3, -0.25) is 9.63 Å². The van der Waals surface area contributed by atoms with Crippen LogP contribution in [0.4, 0.5) is 0 Å². The SMILES string of the molecule is Cc1cc(C)c(C2=C(O)C3(CCN(O)CC3)N(OC3COC3)C2=O)c(C)c1. The van der Waals surface area contributed by atoms with E-state index in [1.165, 1.54) is 10.1 Å². The Morgan fingerprint density at radius 2 is 1.74 bits per heavy atom. The van der Waals surface area contributed by atoms with Crippen LogP contribution in [0.25, 0.3) is 5.57 Å². The Morgan fingerprint density at radius 3 is 2.26 bits per heavy atom. The molecule has 0 aliphatic carbocycles. The summed E-state index contributed by atoms with van der Waals surface area (Å²) in [5, 5.41) is 23.6. The number of rotatable bonds is 3. The zero-order valence-electron chi connectivity index (χ0n) is 16.0. The number of ether oxygens (including phenoxy) is 1. The zero-order valence-corrected chi connectivity index (χ0v) is 16.0. The number of hydroxylamine groups is 4. The molecule has 3 heterocycles. The Labute approximate surface area is 158 Å². The maximum Gasteiger partial charge on any atom is 0.282 e. The summed E-state index contributed by atoms with van der Waals surface area (Å²) in [5.41, 5.74) is 3.16. The maximum absolute atomic E-state index is 13.4. The van der Waals surface area contributed by atoms with Crippen molar-refractivity contribution in [2.45, 2.75) is 45.3 Å². The van der Waals surface area contributed by atoms with E-state index in [9.17, 15) is 15.1 Å². The van der Waals surface area contributed by atoms with Crippen molar-refractivity contribution in [3.8, 4) is 0 Å². The number of benzene rings is 1. The number of aryl methyl sites for hydroxylation is 3. The molecule has 27 heavy (non-hydrogen) atoms. The number of amides is 1. The number of hydrogen-bond acceptors (Lipinski definition) is 6. The summed E-state index contributed by atoms with van der Waals surface area (Å²) < 4.78 is 5.18. The summed E-state index contributed by atoms with van der Waals surface area (Å²) in [6, 6.07) is 4.03. The fourth-order valence-electron chi connectivity index (χ4n) is 4.40. The van der Waals surface area contributed by atoms with Gasteiger partial charge in [0.05, 0.1) is 18.8 Å². The molecule has 3 aliphatic heterocycles. The van der Waals surface area contributed by atoms with Gasteiger partial charge in [0, 0.05) is 13.1 Å². The molecule has 3 aliphatic rings. The normalized spacial score (nSPS) is 23.4. The van der Waals surface area contributed by atoms with E-state index in [2.05, 4.69) is 0 Å². The van der Waals surface area contributed by atoms with Crippen molar-refractivity contribution < 1.29 is 24.7 Å². The van der Waals surface area contributed by atoms with Gasteiger partial charge in [-0.15, -0.1) is 0 Å². The first-order valence-electron chi connectivity index (χ1n) is 9.38. The predicted octanol–water partition coefficient (Wildman–Crippen LogP) is 2.28. The molecule has 1 amide bonds. The fraction of sp³-hybridized carbons (Fsp3) is 0.550. The molecule has 146 valence electrons. The van der Waals surface area contributed by atoms with Crippen molar-refractivity contribution in [1.82, 2.24) is 10.1 Å². The zero-order chi connectivity index (χ0) is 19.3. The maximum atomic E-state index is 13.4. The molecular formula is C20H26N2O5. The highest BCUT2D eigenvalue weighted by molar-refractivity contribution is 6.23. The third kappa shape index (κ3) is 2.86. The molecule has 7 nitrogen and oxygen atoms in total. The van der Waals surface area contributed by atoms with Crippen LogP contribution < -0.4 is 0 Å². The van der Waals surface area contributed by atoms with E-state index >= 15 is 0 Å². The lowest BCUT2D eigenvalue weighted by Gasteiger charge is -2.44. The van der Waals surface area contributed by atoms with Crippen LogP contribution in [0.5, 0.6) is 0 Å². The number of carbonyl (C=O) groups is 1. The van der Waals surface area contributed by atoms with Gasteiger partial charge in [-0.05, 0) is 50.3 Å². The molecule has 0 bridgehead atoms. The van der Waals surface area contributed by atoms with Crippen molar-refractivity contribution in [1.29, 1.82) is 0 Å². The van der Waals surface area contributed by atoms with Crippen LogP contribution in [0, 0.1) is 20.8 Å². The number of nitrogens with zero attached hydrogens (tertiary/aromatic N) is 2. The van der Waals surface area contributed by atoms with Gasteiger partial charge in [0.15, 0.2) is 0 Å². The van der Waals surface area contributed by atoms with Crippen molar-refractivity contribution in [3.05, 3.63) is 40.1 Å². The molecule has 4 rings (SSSR count). The van der Waals surface area contributed by atoms with Crippen molar-refractivity contribution in [2.75, 3.05) is 26.3 Å². The van der Waals surface area contributed by atoms with E-state index in [1.54, 1.807) is 0 Å². The van der Waals surface area contributed by atoms with Crippen LogP contribution in [-0.2, 0) is 14.4 Å². The van der Waals surface area contributed by atoms with E-state index in [1.807, 2.05) is 32.9 Å². The fourth-order valence-corrected chi connectivity index (χ4v) is 4.40. The Kier molecular flexibility index (Phi) is 4.50. The molecule has 1 aromatic carbocycles. The first kappa shape index (κ1) is 18.4. The van der Waals surface area contributed by atoms with Gasteiger partial charge in [0.2, 0.25) is 0 Å². The summed E-state index contributed by atoms with van der Waals surface area (Å²) in [6.45, 7) is 7.51. The monoisotopic (exact) mass is 374 g/mol. The van der Waals surface area contributed by atoms with Crippen LogP contribution in [0.3, 0.4) is 0 Å². The summed E-state index contributed by atoms with van der Waals surface area (Å²) in [5.74, 6) is -0.267. The van der Waals surface area contributed by atoms with Crippen molar-refractivity contribution in [2.24, 2.45) is 0 Å². The van der Waals surface area contributed by atoms with E-state index in [-0.39, 0.29) is 17.8 Å². The second kappa shape index (κ2) is 6.60. The van der Waals surface area contributed by atoms with Gasteiger partial charge in [0.1, 0.15) is 17.4 Å². The minimum Gasteiger partial charge on any atom is -0.509 e. The third-order valence-corrected chi connectivity index (χ3v) is 5.82. The molecule has 0 radical (unpaired) electrons. The summed E-state index contributed by atoms with van der Waals surface area (Å²) >= 11 is 0. The van der Waals surface area contributed by atoms with Crippen LogP contribution >= 0.6 is 0 Å². The quantitative estimate of drug-likeness (QED) is 0.845. The van der Waals surface area contributed by atoms with Crippen molar-refractivity contribution in [3.63, 3.8) is 0 Å². The van der Waals surface area contributed by atoms with Crippen LogP contribution in [0.2, 0.25) is 0 Å². The van der Waals surface area contributed by atoms with Crippen molar-refractivity contribution >= 4 is 11.5 Å². The minimum atomic E-state index is -0.939. The predicted molar refractivity (Wildman–Crippen MR) is 98.1 cm³/mol. The van der Waals surface area contributed by atoms with E-state index in [0.29, 0.717) is 44.7 Å². The van der Waals surface area contributed by atoms with Gasteiger partial charge >= 0.3 is 0 Å². The average Bonchev–Trinajstić information content (AvgIpc) is 2.75. The molecule has 2 N–H and O–H groups in total. The lowest BCUT2D eigenvalue weighted by Crippen LogP contribution is -2.57. The van der Waals surface area contributed by atoms with Gasteiger partial charge in [-0.1, -0.05) is 17.7 Å². The first-order valence-corrected chi connectivity index (χ1v) is 9.38. The highest BCUT2D eigenvalue weighted by Crippen LogP contribution is 2.46. The van der Waals surface area contributed by atoms with Crippen LogP contribution in [-0.4, -0.2) is 64.3 Å². The van der Waals surface area contributed by atoms with E-state index in [0.717, 1.165) is 22.3 Å². The highest BCUT2D eigenvalue weighted by atomic mass is 16.7. The third-order valence-electron chi connectivity index (χ3n) is 5.82. The molecule has 0 unspecified atom stereocenters. The molecule has 1 aromatic rings. The number of aliphatic hydroxyl groups excluding tert-OH is 1. The number of carbonyl (C=O) groups excluding carboxylic acids is 1. The topological polar surface area (TPSA) is 82.5 Å². The number of hydrogen-bond donors (Lipinski definition) is 2. The Bertz CT molecular complexity index is 784. The van der Waals surface area contributed by atoms with Crippen LogP contribution in [0.1, 0.15) is 35.1 Å². The van der Waals surface area contributed by atoms with Gasteiger partial charge in [-0.25, -0.2) is 5.06 Å². The number of piperidine rings is 1. The molecule has 0 atom stereocenters. The van der Waals surface area contributed by atoms with Gasteiger partial charge < -0.3 is 15.1 Å². The Morgan fingerprint density at radius 1 is 1.15 bits per heavy atom. The lowest BCUT2D eigenvalue weighted by atomic mass is 9.85. The smallest absolute Gasteiger partial charge is 0.282 e. The molecule has 1 spiro atoms. The van der Waals surface area contributed by atoms with E-state index in [4.69, 9.17) is 9.57 Å². The molecular weight excluding hydrogens is 348 g/mol. The molecule has 7 heteroatoms. The van der Waals surface area contributed by atoms with Gasteiger partial charge in [-0.2, -0.15) is 5.06 Å². The Hall–Kier alpha value is -1.93. The molecule has 0 saturated carbocycles. The summed E-state index contributed by atoms with van der Waals surface area (Å²) in [4.78, 5) is 19.4. The molecule has 0 aromatic heterocycles. The summed E-state index contributed by atoms with van der Waals surface area (Å²) in [7, 11) is 0. The minimum absolute atomic E-state index is 0.0518. The van der Waals surface area contributed by atoms with Crippen LogP contribution in [0.15, 0.2) is 17.9 Å². The van der Waals surface area contributed by atoms with E-state index < -0.39 is 5.54 Å². The first-order chi connectivity index (χ1) is 12.8.